The molecule has 3 rings (SSSR count). The fourth-order valence-electron chi connectivity index (χ4n) is 2.53. The molecule has 0 bridgehead atoms. The number of rotatable bonds is 7. The molecule has 0 saturated carbocycles. The van der Waals surface area contributed by atoms with E-state index in [4.69, 9.17) is 32.7 Å². The largest absolute Gasteiger partial charge is 0.493 e. The second-order valence-electron chi connectivity index (χ2n) is 5.65. The molecule has 0 unspecified atom stereocenters. The van der Waals surface area contributed by atoms with Crippen LogP contribution in [0.25, 0.3) is 10.6 Å². The molecule has 2 aromatic carbocycles. The van der Waals surface area contributed by atoms with Gasteiger partial charge in [-0.1, -0.05) is 29.3 Å². The van der Waals surface area contributed by atoms with Crippen LogP contribution in [0.1, 0.15) is 16.1 Å². The minimum absolute atomic E-state index is 0.0209. The van der Waals surface area contributed by atoms with Crippen molar-refractivity contribution in [2.45, 2.75) is 6.61 Å². The van der Waals surface area contributed by atoms with Gasteiger partial charge in [0.2, 0.25) is 0 Å². The lowest BCUT2D eigenvalue weighted by Crippen LogP contribution is -2.33. The molecule has 144 valence electrons. The van der Waals surface area contributed by atoms with E-state index in [2.05, 4.69) is 4.98 Å². The second kappa shape index (κ2) is 8.94. The van der Waals surface area contributed by atoms with Crippen LogP contribution in [0.15, 0.2) is 35.7 Å². The van der Waals surface area contributed by atoms with Crippen molar-refractivity contribution in [3.8, 4) is 22.1 Å². The second-order valence-corrected chi connectivity index (χ2v) is 7.33. The summed E-state index contributed by atoms with van der Waals surface area (Å²) in [6.45, 7) is 0.0936. The number of carbonyl (C=O) groups is 1. The SMILES string of the molecule is COc1cc(C=O)c(B(O)O)cc1OCc1csc(-c2c(Cl)cccc2Cl)n1. The highest BCUT2D eigenvalue weighted by atomic mass is 35.5. The number of methoxy groups -OCH3 is 1. The zero-order valence-corrected chi connectivity index (χ0v) is 16.9. The van der Waals surface area contributed by atoms with Crippen LogP contribution >= 0.6 is 34.5 Å². The number of nitrogens with zero attached hydrogens (tertiary/aromatic N) is 1. The van der Waals surface area contributed by atoms with Crippen LogP contribution in [-0.4, -0.2) is 35.5 Å². The summed E-state index contributed by atoms with van der Waals surface area (Å²) in [5.41, 5.74) is 1.40. The molecule has 1 aromatic heterocycles. The Hall–Kier alpha value is -2.10. The first-order valence-electron chi connectivity index (χ1n) is 7.99. The number of thiazole rings is 1. The number of aldehydes is 1. The van der Waals surface area contributed by atoms with Gasteiger partial charge in [0.1, 0.15) is 17.9 Å². The summed E-state index contributed by atoms with van der Waals surface area (Å²) in [6.07, 6.45) is 0.515. The van der Waals surface area contributed by atoms with Crippen molar-refractivity contribution in [2.75, 3.05) is 7.11 Å². The quantitative estimate of drug-likeness (QED) is 0.435. The van der Waals surface area contributed by atoms with Gasteiger partial charge >= 0.3 is 7.12 Å². The Morgan fingerprint density at radius 1 is 1.21 bits per heavy atom. The lowest BCUT2D eigenvalue weighted by Gasteiger charge is -2.13. The molecule has 10 heteroatoms. The molecule has 6 nitrogen and oxygen atoms in total. The van der Waals surface area contributed by atoms with Gasteiger partial charge in [0, 0.05) is 16.5 Å². The van der Waals surface area contributed by atoms with Gasteiger partial charge in [0.05, 0.1) is 22.8 Å². The monoisotopic (exact) mass is 437 g/mol. The van der Waals surface area contributed by atoms with E-state index in [-0.39, 0.29) is 29.1 Å². The third-order valence-electron chi connectivity index (χ3n) is 3.88. The van der Waals surface area contributed by atoms with Crippen molar-refractivity contribution >= 4 is 53.4 Å². The molecule has 0 aliphatic heterocycles. The van der Waals surface area contributed by atoms with Crippen LogP contribution in [0.3, 0.4) is 0 Å². The molecule has 0 fully saturated rings. The van der Waals surface area contributed by atoms with Crippen molar-refractivity contribution < 1.29 is 24.3 Å². The molecule has 0 aliphatic carbocycles. The summed E-state index contributed by atoms with van der Waals surface area (Å²) in [5.74, 6) is 0.539. The highest BCUT2D eigenvalue weighted by Crippen LogP contribution is 2.36. The van der Waals surface area contributed by atoms with E-state index in [1.54, 1.807) is 18.2 Å². The molecule has 3 aromatic rings. The number of ether oxygens (including phenoxy) is 2. The Morgan fingerprint density at radius 3 is 2.54 bits per heavy atom. The molecule has 0 atom stereocenters. The van der Waals surface area contributed by atoms with E-state index in [0.717, 1.165) is 0 Å². The average Bonchev–Trinajstić information content (AvgIpc) is 3.13. The number of hydrogen-bond acceptors (Lipinski definition) is 7. The average molecular weight is 438 g/mol. The molecular weight excluding hydrogens is 424 g/mol. The van der Waals surface area contributed by atoms with Crippen LogP contribution in [-0.2, 0) is 6.61 Å². The van der Waals surface area contributed by atoms with Gasteiger partial charge in [-0.15, -0.1) is 11.3 Å². The van der Waals surface area contributed by atoms with Crippen LogP contribution in [0.4, 0.5) is 0 Å². The topological polar surface area (TPSA) is 88.9 Å². The maximum absolute atomic E-state index is 11.1. The standard InChI is InChI=1S/C18H14BCl2NO5S/c1-26-15-5-10(7-23)12(19(24)25)6-16(15)27-8-11-9-28-18(22-11)17-13(20)3-2-4-14(17)21/h2-7,9,24-25H,8H2,1H3. The van der Waals surface area contributed by atoms with Gasteiger partial charge in [0.25, 0.3) is 0 Å². The summed E-state index contributed by atoms with van der Waals surface area (Å²) in [4.78, 5) is 15.6. The Morgan fingerprint density at radius 2 is 1.93 bits per heavy atom. The van der Waals surface area contributed by atoms with Crippen LogP contribution in [0.5, 0.6) is 11.5 Å². The summed E-state index contributed by atoms with van der Waals surface area (Å²) in [7, 11) is -0.395. The maximum Gasteiger partial charge on any atom is 0.489 e. The van der Waals surface area contributed by atoms with E-state index < -0.39 is 7.12 Å². The fraction of sp³-hybridized carbons (Fsp3) is 0.111. The fourth-order valence-corrected chi connectivity index (χ4v) is 4.10. The van der Waals surface area contributed by atoms with Crippen LogP contribution < -0.4 is 14.9 Å². The Balaban J connectivity index is 1.84. The smallest absolute Gasteiger partial charge is 0.489 e. The zero-order valence-electron chi connectivity index (χ0n) is 14.6. The first-order valence-corrected chi connectivity index (χ1v) is 9.63. The van der Waals surface area contributed by atoms with E-state index in [0.29, 0.717) is 32.6 Å². The molecule has 0 saturated heterocycles. The molecular formula is C18H14BCl2NO5S. The van der Waals surface area contributed by atoms with Gasteiger partial charge in [-0.2, -0.15) is 0 Å². The predicted octanol–water partition coefficient (Wildman–Crippen LogP) is 3.20. The van der Waals surface area contributed by atoms with E-state index in [1.807, 2.05) is 5.38 Å². The summed E-state index contributed by atoms with van der Waals surface area (Å²) in [5, 5.41) is 22.4. The van der Waals surface area contributed by atoms with Crippen molar-refractivity contribution in [1.29, 1.82) is 0 Å². The lowest BCUT2D eigenvalue weighted by molar-refractivity contribution is 0.112. The molecule has 2 N–H and O–H groups in total. The molecule has 0 spiro atoms. The van der Waals surface area contributed by atoms with Crippen molar-refractivity contribution in [1.82, 2.24) is 4.98 Å². The third-order valence-corrected chi connectivity index (χ3v) is 5.42. The van der Waals surface area contributed by atoms with E-state index in [9.17, 15) is 14.8 Å². The van der Waals surface area contributed by atoms with Gasteiger partial charge in [-0.05, 0) is 29.7 Å². The first kappa shape index (κ1) is 20.6. The Bertz CT molecular complexity index is 991. The highest BCUT2D eigenvalue weighted by Gasteiger charge is 2.20. The highest BCUT2D eigenvalue weighted by molar-refractivity contribution is 7.13. The number of benzene rings is 2. The first-order chi connectivity index (χ1) is 13.4. The maximum atomic E-state index is 11.1. The molecule has 0 radical (unpaired) electrons. The Kier molecular flexibility index (Phi) is 6.59. The van der Waals surface area contributed by atoms with E-state index >= 15 is 0 Å². The van der Waals surface area contributed by atoms with Crippen molar-refractivity contribution in [3.63, 3.8) is 0 Å². The van der Waals surface area contributed by atoms with Gasteiger partial charge in [-0.3, -0.25) is 4.79 Å². The Labute approximate surface area is 175 Å². The normalized spacial score (nSPS) is 10.6. The molecule has 0 aliphatic rings. The summed E-state index contributed by atoms with van der Waals surface area (Å²) < 4.78 is 10.9. The molecule has 28 heavy (non-hydrogen) atoms. The van der Waals surface area contributed by atoms with Gasteiger partial charge in [-0.25, -0.2) is 4.98 Å². The number of aromatic nitrogens is 1. The van der Waals surface area contributed by atoms with Gasteiger partial charge in [0.15, 0.2) is 11.5 Å². The van der Waals surface area contributed by atoms with E-state index in [1.165, 1.54) is 30.6 Å². The third kappa shape index (κ3) is 4.32. The van der Waals surface area contributed by atoms with Crippen molar-refractivity contribution in [3.05, 3.63) is 57.0 Å². The van der Waals surface area contributed by atoms with Crippen molar-refractivity contribution in [2.24, 2.45) is 0 Å². The van der Waals surface area contributed by atoms with Crippen LogP contribution in [0, 0.1) is 0 Å². The number of carbonyl (C=O) groups excluding carboxylic acids is 1. The summed E-state index contributed by atoms with van der Waals surface area (Å²) >= 11 is 13.8. The molecule has 1 heterocycles. The predicted molar refractivity (Wildman–Crippen MR) is 110 cm³/mol. The van der Waals surface area contributed by atoms with Gasteiger partial charge < -0.3 is 19.5 Å². The number of halogens is 2. The molecule has 0 amide bonds. The minimum atomic E-state index is -1.82. The number of hydrogen-bond donors (Lipinski definition) is 2. The lowest BCUT2D eigenvalue weighted by atomic mass is 9.77. The zero-order chi connectivity index (χ0) is 20.3. The van der Waals surface area contributed by atoms with Crippen LogP contribution in [0.2, 0.25) is 10.0 Å². The summed E-state index contributed by atoms with van der Waals surface area (Å²) in [6, 6.07) is 7.97. The minimum Gasteiger partial charge on any atom is -0.493 e.